The summed E-state index contributed by atoms with van der Waals surface area (Å²) in [6, 6.07) is 3.92. The van der Waals surface area contributed by atoms with Crippen LogP contribution in [0.3, 0.4) is 0 Å². The van der Waals surface area contributed by atoms with E-state index in [1.807, 2.05) is 19.1 Å². The first-order chi connectivity index (χ1) is 12.9. The molecule has 0 saturated carbocycles. The van der Waals surface area contributed by atoms with Crippen molar-refractivity contribution in [2.45, 2.75) is 33.6 Å². The van der Waals surface area contributed by atoms with Crippen LogP contribution in [0.2, 0.25) is 0 Å². The van der Waals surface area contributed by atoms with Crippen LogP contribution in [-0.4, -0.2) is 42.2 Å². The zero-order chi connectivity index (χ0) is 20.0. The van der Waals surface area contributed by atoms with E-state index in [0.29, 0.717) is 24.4 Å². The number of benzene rings is 1. The van der Waals surface area contributed by atoms with E-state index in [0.717, 1.165) is 45.3 Å². The van der Waals surface area contributed by atoms with Gasteiger partial charge in [0.25, 0.3) is 0 Å². The van der Waals surface area contributed by atoms with Crippen LogP contribution in [0, 0.1) is 0 Å². The highest BCUT2D eigenvalue weighted by Crippen LogP contribution is 2.41. The average molecular weight is 503 g/mol. The highest BCUT2D eigenvalue weighted by Gasteiger charge is 2.17. The number of hydrogen-bond acceptors (Lipinski definition) is 4. The highest BCUT2D eigenvalue weighted by atomic mass is 79.9. The van der Waals surface area contributed by atoms with Crippen LogP contribution < -0.4 is 4.74 Å². The van der Waals surface area contributed by atoms with E-state index in [1.165, 1.54) is 0 Å². The van der Waals surface area contributed by atoms with Gasteiger partial charge in [-0.05, 0) is 76.0 Å². The maximum absolute atomic E-state index is 10.7. The smallest absolute Gasteiger partial charge is 0.303 e. The number of allylic oxidation sites excluding steroid dienone is 1. The van der Waals surface area contributed by atoms with Crippen LogP contribution in [0.15, 0.2) is 31.6 Å². The summed E-state index contributed by atoms with van der Waals surface area (Å²) < 4.78 is 13.6. The van der Waals surface area contributed by atoms with Gasteiger partial charge in [0, 0.05) is 22.8 Å². The first-order valence-corrected chi connectivity index (χ1v) is 10.6. The molecular formula is C20H25Br2NO4. The molecule has 2 aromatic rings. The number of hydrogen-bond donors (Lipinski definition) is 1. The minimum absolute atomic E-state index is 0.0773. The minimum atomic E-state index is -0.826. The quantitative estimate of drug-likeness (QED) is 0.407. The summed E-state index contributed by atoms with van der Waals surface area (Å²) in [6.45, 7) is 9.54. The normalized spacial score (nSPS) is 12.1. The molecule has 0 bridgehead atoms. The van der Waals surface area contributed by atoms with Crippen molar-refractivity contribution >= 4 is 54.4 Å². The Bertz CT molecular complexity index is 825. The number of rotatable bonds is 10. The van der Waals surface area contributed by atoms with E-state index < -0.39 is 5.97 Å². The molecule has 0 saturated heterocycles. The molecule has 1 aromatic heterocycles. The van der Waals surface area contributed by atoms with Gasteiger partial charge in [-0.2, -0.15) is 0 Å². The maximum Gasteiger partial charge on any atom is 0.303 e. The number of carboxylic acids is 1. The van der Waals surface area contributed by atoms with Crippen LogP contribution in [0.4, 0.5) is 0 Å². The Labute approximate surface area is 176 Å². The molecule has 0 atom stereocenters. The summed E-state index contributed by atoms with van der Waals surface area (Å²) in [5.74, 6) is 0.570. The van der Waals surface area contributed by atoms with Crippen molar-refractivity contribution in [2.24, 2.45) is 0 Å². The Morgan fingerprint density at radius 3 is 2.59 bits per heavy atom. The molecule has 148 valence electrons. The fourth-order valence-electron chi connectivity index (χ4n) is 2.67. The molecular weight excluding hydrogens is 478 g/mol. The third kappa shape index (κ3) is 5.83. The van der Waals surface area contributed by atoms with Crippen LogP contribution >= 0.6 is 31.9 Å². The van der Waals surface area contributed by atoms with Crippen molar-refractivity contribution in [1.29, 1.82) is 0 Å². The van der Waals surface area contributed by atoms with Crippen molar-refractivity contribution in [2.75, 3.05) is 26.2 Å². The molecule has 0 unspecified atom stereocenters. The standard InChI is InChI=1S/C20H25Br2NO4/c1-4-23(5-2)9-8-13(3)17-11-14-15(21)12-16(22)20(19(14)27-17)26-10-6-7-18(24)25/h8,11-12H,4-7,9-10H2,1-3H3,(H,24,25)/b13-8+. The minimum Gasteiger partial charge on any atom is -0.488 e. The fourth-order valence-corrected chi connectivity index (χ4v) is 4.03. The Balaban J connectivity index is 2.28. The molecule has 7 heteroatoms. The summed E-state index contributed by atoms with van der Waals surface area (Å²) in [7, 11) is 0. The van der Waals surface area contributed by atoms with Crippen LogP contribution in [0.5, 0.6) is 5.75 Å². The Hall–Kier alpha value is -1.31. The number of carboxylic acid groups (broad SMARTS) is 1. The molecule has 2 rings (SSSR count). The molecule has 27 heavy (non-hydrogen) atoms. The number of fused-ring (bicyclic) bond motifs is 1. The van der Waals surface area contributed by atoms with E-state index in [4.69, 9.17) is 14.3 Å². The molecule has 0 aliphatic rings. The maximum atomic E-state index is 10.7. The lowest BCUT2D eigenvalue weighted by Gasteiger charge is -2.15. The number of aliphatic carboxylic acids is 1. The zero-order valence-corrected chi connectivity index (χ0v) is 19.0. The number of ether oxygens (including phenoxy) is 1. The largest absolute Gasteiger partial charge is 0.488 e. The van der Waals surface area contributed by atoms with Gasteiger partial charge in [0.2, 0.25) is 0 Å². The summed E-state index contributed by atoms with van der Waals surface area (Å²) in [5, 5.41) is 9.69. The highest BCUT2D eigenvalue weighted by molar-refractivity contribution is 9.11. The summed E-state index contributed by atoms with van der Waals surface area (Å²) >= 11 is 7.09. The third-order valence-electron chi connectivity index (χ3n) is 4.39. The molecule has 0 fully saturated rings. The lowest BCUT2D eigenvalue weighted by Crippen LogP contribution is -2.22. The fraction of sp³-hybridized carbons (Fsp3) is 0.450. The molecule has 0 spiro atoms. The predicted molar refractivity (Wildman–Crippen MR) is 115 cm³/mol. The van der Waals surface area contributed by atoms with Crippen molar-refractivity contribution in [3.63, 3.8) is 0 Å². The first-order valence-electron chi connectivity index (χ1n) is 9.02. The molecule has 1 heterocycles. The second kappa shape index (κ2) is 10.3. The number of nitrogens with zero attached hydrogens (tertiary/aromatic N) is 1. The number of carbonyl (C=O) groups is 1. The van der Waals surface area contributed by atoms with Crippen LogP contribution in [0.1, 0.15) is 39.4 Å². The number of furan rings is 1. The van der Waals surface area contributed by atoms with Gasteiger partial charge in [0.15, 0.2) is 11.3 Å². The van der Waals surface area contributed by atoms with Crippen molar-refractivity contribution in [3.05, 3.63) is 32.9 Å². The van der Waals surface area contributed by atoms with Gasteiger partial charge in [-0.15, -0.1) is 0 Å². The monoisotopic (exact) mass is 501 g/mol. The SMILES string of the molecule is CCN(CC)C/C=C(\C)c1cc2c(Br)cc(Br)c(OCCCC(=O)O)c2o1. The Kier molecular flexibility index (Phi) is 8.38. The van der Waals surface area contributed by atoms with Gasteiger partial charge in [-0.25, -0.2) is 0 Å². The second-order valence-electron chi connectivity index (χ2n) is 6.24. The van der Waals surface area contributed by atoms with Gasteiger partial charge in [0.05, 0.1) is 11.1 Å². The van der Waals surface area contributed by atoms with Gasteiger partial charge in [-0.1, -0.05) is 19.9 Å². The van der Waals surface area contributed by atoms with E-state index in [-0.39, 0.29) is 6.42 Å². The summed E-state index contributed by atoms with van der Waals surface area (Å²) in [6.07, 6.45) is 2.69. The third-order valence-corrected chi connectivity index (χ3v) is 5.63. The van der Waals surface area contributed by atoms with E-state index in [9.17, 15) is 4.79 Å². The van der Waals surface area contributed by atoms with E-state index >= 15 is 0 Å². The number of halogens is 2. The molecule has 0 amide bonds. The van der Waals surface area contributed by atoms with Crippen LogP contribution in [0.25, 0.3) is 16.5 Å². The van der Waals surface area contributed by atoms with Crippen molar-refractivity contribution in [3.8, 4) is 5.75 Å². The van der Waals surface area contributed by atoms with E-state index in [1.54, 1.807) is 0 Å². The molecule has 5 nitrogen and oxygen atoms in total. The molecule has 1 N–H and O–H groups in total. The van der Waals surface area contributed by atoms with Crippen molar-refractivity contribution in [1.82, 2.24) is 4.90 Å². The molecule has 0 aliphatic carbocycles. The predicted octanol–water partition coefficient (Wildman–Crippen LogP) is 5.95. The number of likely N-dealkylation sites (N-methyl/N-ethyl adjacent to an activating group) is 1. The molecule has 1 aromatic carbocycles. The van der Waals surface area contributed by atoms with Crippen LogP contribution in [-0.2, 0) is 4.79 Å². The molecule has 0 radical (unpaired) electrons. The summed E-state index contributed by atoms with van der Waals surface area (Å²) in [4.78, 5) is 13.0. The Morgan fingerprint density at radius 2 is 1.96 bits per heavy atom. The van der Waals surface area contributed by atoms with Crippen molar-refractivity contribution < 1.29 is 19.1 Å². The lowest BCUT2D eigenvalue weighted by molar-refractivity contribution is -0.137. The lowest BCUT2D eigenvalue weighted by atomic mass is 10.2. The van der Waals surface area contributed by atoms with Gasteiger partial charge in [-0.3, -0.25) is 4.79 Å². The molecule has 0 aliphatic heterocycles. The topological polar surface area (TPSA) is 62.9 Å². The Morgan fingerprint density at radius 1 is 1.26 bits per heavy atom. The van der Waals surface area contributed by atoms with Gasteiger partial charge in [0.1, 0.15) is 5.76 Å². The van der Waals surface area contributed by atoms with Gasteiger partial charge < -0.3 is 19.2 Å². The van der Waals surface area contributed by atoms with E-state index in [2.05, 4.69) is 56.7 Å². The van der Waals surface area contributed by atoms with Gasteiger partial charge >= 0.3 is 5.97 Å². The zero-order valence-electron chi connectivity index (χ0n) is 15.8. The first kappa shape index (κ1) is 22.0. The second-order valence-corrected chi connectivity index (χ2v) is 7.95. The average Bonchev–Trinajstić information content (AvgIpc) is 3.07. The summed E-state index contributed by atoms with van der Waals surface area (Å²) in [5.41, 5.74) is 1.72.